The molecule has 1 rings (SSSR count). The molecule has 17 heavy (non-hydrogen) atoms. The predicted octanol–water partition coefficient (Wildman–Crippen LogP) is 1.62. The second-order valence-corrected chi connectivity index (χ2v) is 3.76. The molecule has 1 heterocycles. The third-order valence-corrected chi connectivity index (χ3v) is 2.38. The second-order valence-electron chi connectivity index (χ2n) is 3.76. The Hall–Kier alpha value is -1.47. The van der Waals surface area contributed by atoms with Crippen molar-refractivity contribution in [1.29, 1.82) is 0 Å². The first kappa shape index (κ1) is 13.6. The summed E-state index contributed by atoms with van der Waals surface area (Å²) in [4.78, 5) is 22.8. The highest BCUT2D eigenvalue weighted by atomic mass is 19.4. The van der Waals surface area contributed by atoms with Gasteiger partial charge in [0, 0.05) is 12.6 Å². The number of alkyl halides is 3. The van der Waals surface area contributed by atoms with Crippen molar-refractivity contribution in [1.82, 2.24) is 4.90 Å². The zero-order chi connectivity index (χ0) is 13.1. The Kier molecular flexibility index (Phi) is 4.19. The minimum absolute atomic E-state index is 0.231. The lowest BCUT2D eigenvalue weighted by atomic mass is 10.1. The number of halogens is 3. The molecule has 0 saturated carbocycles. The van der Waals surface area contributed by atoms with E-state index in [1.54, 1.807) is 0 Å². The smallest absolute Gasteiger partial charge is 0.422 e. The first-order valence-corrected chi connectivity index (χ1v) is 5.01. The zero-order valence-electron chi connectivity index (χ0n) is 8.87. The first-order chi connectivity index (χ1) is 7.79. The molecule has 0 bridgehead atoms. The molecule has 0 aliphatic carbocycles. The van der Waals surface area contributed by atoms with Crippen molar-refractivity contribution in [3.05, 3.63) is 0 Å². The Balaban J connectivity index is 2.47. The van der Waals surface area contributed by atoms with Crippen molar-refractivity contribution < 1.29 is 32.6 Å². The number of carbonyl (C=O) groups excluding carboxylic acids is 1. The molecular formula is C9H12F3NO4. The number of carboxylic acid groups (broad SMARTS) is 1. The number of likely N-dealkylation sites (tertiary alicyclic amines) is 1. The van der Waals surface area contributed by atoms with Gasteiger partial charge in [0.05, 0.1) is 6.42 Å². The van der Waals surface area contributed by atoms with Gasteiger partial charge in [0.15, 0.2) is 6.61 Å². The lowest BCUT2D eigenvalue weighted by Crippen LogP contribution is -2.38. The van der Waals surface area contributed by atoms with Crippen molar-refractivity contribution in [2.45, 2.75) is 31.5 Å². The summed E-state index contributed by atoms with van der Waals surface area (Å²) in [6, 6.07) is -0.576. The molecule has 1 saturated heterocycles. The van der Waals surface area contributed by atoms with E-state index < -0.39 is 30.9 Å². The van der Waals surface area contributed by atoms with Gasteiger partial charge in [-0.2, -0.15) is 13.2 Å². The van der Waals surface area contributed by atoms with Gasteiger partial charge in [-0.1, -0.05) is 0 Å². The molecule has 1 N–H and O–H groups in total. The van der Waals surface area contributed by atoms with Gasteiger partial charge >= 0.3 is 18.2 Å². The highest BCUT2D eigenvalue weighted by molar-refractivity contribution is 5.72. The summed E-state index contributed by atoms with van der Waals surface area (Å²) in [7, 11) is 0. The van der Waals surface area contributed by atoms with E-state index >= 15 is 0 Å². The maximum absolute atomic E-state index is 11.8. The van der Waals surface area contributed by atoms with Crippen LogP contribution in [-0.4, -0.2) is 47.4 Å². The molecule has 8 heteroatoms. The monoisotopic (exact) mass is 255 g/mol. The largest absolute Gasteiger partial charge is 0.481 e. The number of aliphatic carboxylic acids is 1. The Morgan fingerprint density at radius 1 is 1.41 bits per heavy atom. The molecule has 0 radical (unpaired) electrons. The lowest BCUT2D eigenvalue weighted by molar-refractivity contribution is -0.162. The van der Waals surface area contributed by atoms with E-state index in [1.165, 1.54) is 0 Å². The zero-order valence-corrected chi connectivity index (χ0v) is 8.87. The average molecular weight is 255 g/mol. The number of rotatable bonds is 3. The van der Waals surface area contributed by atoms with Crippen LogP contribution < -0.4 is 0 Å². The average Bonchev–Trinajstić information content (AvgIpc) is 2.60. The van der Waals surface area contributed by atoms with Crippen LogP contribution in [0.2, 0.25) is 0 Å². The van der Waals surface area contributed by atoms with Crippen molar-refractivity contribution in [2.75, 3.05) is 13.2 Å². The molecule has 1 aliphatic heterocycles. The molecule has 1 atom stereocenters. The van der Waals surface area contributed by atoms with E-state index in [0.717, 1.165) is 4.90 Å². The quantitative estimate of drug-likeness (QED) is 0.832. The van der Waals surface area contributed by atoms with Crippen LogP contribution in [0.3, 0.4) is 0 Å². The van der Waals surface area contributed by atoms with Gasteiger partial charge in [0.2, 0.25) is 0 Å². The van der Waals surface area contributed by atoms with E-state index in [9.17, 15) is 22.8 Å². The van der Waals surface area contributed by atoms with Crippen molar-refractivity contribution >= 4 is 12.1 Å². The van der Waals surface area contributed by atoms with Crippen LogP contribution in [0.4, 0.5) is 18.0 Å². The van der Waals surface area contributed by atoms with E-state index in [4.69, 9.17) is 5.11 Å². The molecule has 0 spiro atoms. The summed E-state index contributed by atoms with van der Waals surface area (Å²) in [5.74, 6) is -1.09. The number of ether oxygens (including phenoxy) is 1. The fraction of sp³-hybridized carbons (Fsp3) is 0.778. The van der Waals surface area contributed by atoms with Crippen LogP contribution in [0.15, 0.2) is 0 Å². The van der Waals surface area contributed by atoms with Crippen molar-refractivity contribution in [3.63, 3.8) is 0 Å². The van der Waals surface area contributed by atoms with Crippen LogP contribution in [0, 0.1) is 0 Å². The Bertz CT molecular complexity index is 305. The maximum Gasteiger partial charge on any atom is 0.422 e. The molecule has 0 aromatic carbocycles. The van der Waals surface area contributed by atoms with Gasteiger partial charge in [-0.15, -0.1) is 0 Å². The molecule has 98 valence electrons. The summed E-state index contributed by atoms with van der Waals surface area (Å²) < 4.78 is 39.5. The van der Waals surface area contributed by atoms with Crippen LogP contribution in [0.1, 0.15) is 19.3 Å². The Labute approximate surface area is 95.1 Å². The normalized spacial score (nSPS) is 20.4. The highest BCUT2D eigenvalue weighted by Gasteiger charge is 2.35. The molecular weight excluding hydrogens is 243 g/mol. The summed E-state index contributed by atoms with van der Waals surface area (Å²) in [5, 5.41) is 8.57. The summed E-state index contributed by atoms with van der Waals surface area (Å²) >= 11 is 0. The van der Waals surface area contributed by atoms with Gasteiger partial charge < -0.3 is 14.7 Å². The van der Waals surface area contributed by atoms with Crippen molar-refractivity contribution in [3.8, 4) is 0 Å². The molecule has 0 aromatic rings. The van der Waals surface area contributed by atoms with Crippen molar-refractivity contribution in [2.24, 2.45) is 0 Å². The Morgan fingerprint density at radius 3 is 2.59 bits per heavy atom. The topological polar surface area (TPSA) is 66.8 Å². The third-order valence-electron chi connectivity index (χ3n) is 2.38. The fourth-order valence-electron chi connectivity index (χ4n) is 1.72. The summed E-state index contributed by atoms with van der Waals surface area (Å²) in [6.07, 6.45) is -4.92. The fourth-order valence-corrected chi connectivity index (χ4v) is 1.72. The number of amides is 1. The summed E-state index contributed by atoms with van der Waals surface area (Å²) in [5.41, 5.74) is 0. The summed E-state index contributed by atoms with van der Waals surface area (Å²) in [6.45, 7) is -1.42. The lowest BCUT2D eigenvalue weighted by Gasteiger charge is -2.22. The maximum atomic E-state index is 11.8. The van der Waals surface area contributed by atoms with Gasteiger partial charge in [0.25, 0.3) is 0 Å². The minimum Gasteiger partial charge on any atom is -0.481 e. The molecule has 1 unspecified atom stereocenters. The number of hydrogen-bond acceptors (Lipinski definition) is 3. The molecule has 5 nitrogen and oxygen atoms in total. The number of hydrogen-bond donors (Lipinski definition) is 1. The van der Waals surface area contributed by atoms with E-state index in [1.807, 2.05) is 0 Å². The Morgan fingerprint density at radius 2 is 2.06 bits per heavy atom. The van der Waals surface area contributed by atoms with E-state index in [2.05, 4.69) is 4.74 Å². The predicted molar refractivity (Wildman–Crippen MR) is 49.4 cm³/mol. The van der Waals surface area contributed by atoms with Gasteiger partial charge in [0.1, 0.15) is 0 Å². The van der Waals surface area contributed by atoms with E-state index in [-0.39, 0.29) is 13.0 Å². The first-order valence-electron chi connectivity index (χ1n) is 5.01. The highest BCUT2D eigenvalue weighted by Crippen LogP contribution is 2.22. The molecule has 1 aliphatic rings. The number of nitrogens with zero attached hydrogens (tertiary/aromatic N) is 1. The van der Waals surface area contributed by atoms with E-state index in [0.29, 0.717) is 12.8 Å². The van der Waals surface area contributed by atoms with Gasteiger partial charge in [-0.05, 0) is 12.8 Å². The number of carbonyl (C=O) groups is 2. The van der Waals surface area contributed by atoms with Gasteiger partial charge in [-0.25, -0.2) is 4.79 Å². The second kappa shape index (κ2) is 5.24. The van der Waals surface area contributed by atoms with Crippen LogP contribution in [0.25, 0.3) is 0 Å². The van der Waals surface area contributed by atoms with Crippen LogP contribution >= 0.6 is 0 Å². The van der Waals surface area contributed by atoms with Crippen LogP contribution in [0.5, 0.6) is 0 Å². The van der Waals surface area contributed by atoms with Crippen LogP contribution in [-0.2, 0) is 9.53 Å². The molecule has 1 fully saturated rings. The third kappa shape index (κ3) is 4.49. The molecule has 0 aromatic heterocycles. The van der Waals surface area contributed by atoms with Gasteiger partial charge in [-0.3, -0.25) is 4.79 Å². The standard InChI is InChI=1S/C9H12F3NO4/c10-9(11,12)5-17-8(16)13-3-1-2-6(13)4-7(14)15/h6H,1-5H2,(H,14,15). The SMILES string of the molecule is O=C(O)CC1CCCN1C(=O)OCC(F)(F)F. The number of carboxylic acids is 1. The minimum atomic E-state index is -4.57. The molecule has 1 amide bonds.